The van der Waals surface area contributed by atoms with Gasteiger partial charge in [0.1, 0.15) is 11.4 Å². The minimum Gasteiger partial charge on any atom is -0.481 e. The molecule has 1 aliphatic carbocycles. The van der Waals surface area contributed by atoms with Gasteiger partial charge in [-0.1, -0.05) is 35.9 Å². The number of aromatic nitrogens is 1. The number of nitrogens with zero attached hydrogens (tertiary/aromatic N) is 3. The summed E-state index contributed by atoms with van der Waals surface area (Å²) in [6.07, 6.45) is 3.68. The van der Waals surface area contributed by atoms with Gasteiger partial charge in [-0.2, -0.15) is 0 Å². The van der Waals surface area contributed by atoms with Crippen molar-refractivity contribution in [3.05, 3.63) is 76.2 Å². The maximum absolute atomic E-state index is 16.4. The minimum absolute atomic E-state index is 0.0100. The number of aryl methyl sites for hydroxylation is 1. The van der Waals surface area contributed by atoms with Crippen LogP contribution in [0.15, 0.2) is 54.2 Å². The average Bonchev–Trinajstić information content (AvgIpc) is 3.62. The summed E-state index contributed by atoms with van der Waals surface area (Å²) < 4.78 is 27.6. The Kier molecular flexibility index (Phi) is 8.11. The lowest BCUT2D eigenvalue weighted by molar-refractivity contribution is -0.129. The Morgan fingerprint density at radius 1 is 1.11 bits per heavy atom. The fraction of sp³-hybridized carbons (Fsp3) is 0.353. The maximum Gasteiger partial charge on any atom is 0.262 e. The topological polar surface area (TPSA) is 128 Å². The smallest absolute Gasteiger partial charge is 0.262 e. The van der Waals surface area contributed by atoms with E-state index < -0.39 is 23.9 Å². The van der Waals surface area contributed by atoms with Crippen LogP contribution in [0.1, 0.15) is 36.4 Å². The van der Waals surface area contributed by atoms with Gasteiger partial charge in [-0.25, -0.2) is 9.37 Å². The van der Waals surface area contributed by atoms with E-state index in [4.69, 9.17) is 26.1 Å². The van der Waals surface area contributed by atoms with Crippen LogP contribution in [0.25, 0.3) is 22.4 Å². The fourth-order valence-electron chi connectivity index (χ4n) is 6.65. The van der Waals surface area contributed by atoms with Crippen molar-refractivity contribution in [1.29, 1.82) is 0 Å². The minimum atomic E-state index is -0.640. The van der Waals surface area contributed by atoms with E-state index in [0.717, 1.165) is 30.4 Å². The Hall–Kier alpha value is -4.52. The van der Waals surface area contributed by atoms with Crippen LogP contribution >= 0.6 is 11.6 Å². The van der Waals surface area contributed by atoms with Gasteiger partial charge < -0.3 is 35.2 Å². The van der Waals surface area contributed by atoms with Gasteiger partial charge in [0.25, 0.3) is 11.8 Å². The largest absolute Gasteiger partial charge is 0.481 e. The Labute approximate surface area is 276 Å². The van der Waals surface area contributed by atoms with Crippen LogP contribution in [0.2, 0.25) is 5.02 Å². The molecule has 7 rings (SSSR count). The number of likely N-dealkylation sites (N-methyl/N-ethyl adjacent to an activating group) is 2. The molecule has 0 saturated carbocycles. The maximum atomic E-state index is 16.4. The van der Waals surface area contributed by atoms with E-state index in [2.05, 4.69) is 16.0 Å². The first-order chi connectivity index (χ1) is 22.6. The zero-order valence-electron chi connectivity index (χ0n) is 26.1. The molecule has 3 amide bonds. The Morgan fingerprint density at radius 2 is 1.87 bits per heavy atom. The highest BCUT2D eigenvalue weighted by Crippen LogP contribution is 2.42. The summed E-state index contributed by atoms with van der Waals surface area (Å²) in [5.74, 6) is -1.14. The van der Waals surface area contributed by atoms with Crippen LogP contribution in [-0.4, -0.2) is 78.8 Å². The number of carbonyl (C=O) groups excluding carboxylic acids is 3. The number of anilines is 1. The number of rotatable bonds is 8. The van der Waals surface area contributed by atoms with Gasteiger partial charge in [0.05, 0.1) is 23.5 Å². The van der Waals surface area contributed by atoms with Crippen molar-refractivity contribution in [3.8, 4) is 28.3 Å². The summed E-state index contributed by atoms with van der Waals surface area (Å²) in [4.78, 5) is 45.6. The molecule has 4 heterocycles. The number of hydrogen-bond donors (Lipinski definition) is 3. The normalized spacial score (nSPS) is 23.1. The molecule has 2 saturated heterocycles. The fourth-order valence-corrected chi connectivity index (χ4v) is 6.93. The molecule has 3 aliphatic heterocycles. The number of methoxy groups -OCH3 is 1. The predicted octanol–water partition coefficient (Wildman–Crippen LogP) is 3.98. The Bertz CT molecular complexity index is 1830. The second kappa shape index (κ2) is 12.3. The van der Waals surface area contributed by atoms with Gasteiger partial charge in [-0.3, -0.25) is 14.4 Å². The number of fused-ring (bicyclic) bond motifs is 2. The molecule has 0 bridgehead atoms. The third-order valence-corrected chi connectivity index (χ3v) is 9.63. The van der Waals surface area contributed by atoms with E-state index in [1.54, 1.807) is 62.5 Å². The molecule has 0 spiro atoms. The summed E-state index contributed by atoms with van der Waals surface area (Å²) in [5, 5.41) is 9.39. The van der Waals surface area contributed by atoms with Gasteiger partial charge in [0.2, 0.25) is 11.8 Å². The van der Waals surface area contributed by atoms with E-state index in [1.807, 2.05) is 6.07 Å². The number of nitrogens with one attached hydrogen (secondary N) is 3. The summed E-state index contributed by atoms with van der Waals surface area (Å²) in [6, 6.07) is 11.9. The second-order valence-corrected chi connectivity index (χ2v) is 12.6. The second-order valence-electron chi connectivity index (χ2n) is 12.2. The molecule has 2 unspecified atom stereocenters. The van der Waals surface area contributed by atoms with E-state index >= 15 is 4.39 Å². The SMILES string of the molecule is COc1nc(-c2cccc(-c3cccc(NC(=O)C4=CN(C)C5OC5N(C)C4=O)c3Cl)c2F)cc2c1[C@@H](NC[C@@H]1CCC(=O)N1)CC2. The number of pyridine rings is 1. The van der Waals surface area contributed by atoms with Crippen LogP contribution in [0.5, 0.6) is 5.88 Å². The standard InChI is InChI=1S/C34H34ClFN6O5/c1-41-16-22(32(45)42(2)34-33(41)47-34)30(44)39-24-9-5-6-19(28(24)35)20-7-4-8-21(29(20)36)25-14-17-10-12-23(27(17)31(40-25)46-3)37-15-18-11-13-26(43)38-18/h4-9,14,16,18,23,33-34,37H,10-13,15H2,1-3H3,(H,38,43)(H,39,44)/t18-,23-,33?,34?/m0/s1. The zero-order valence-corrected chi connectivity index (χ0v) is 26.9. The molecular formula is C34H34ClFN6O5. The van der Waals surface area contributed by atoms with Crippen molar-refractivity contribution >= 4 is 35.0 Å². The summed E-state index contributed by atoms with van der Waals surface area (Å²) in [6.45, 7) is 0.648. The van der Waals surface area contributed by atoms with Crippen LogP contribution in [0, 0.1) is 5.82 Å². The highest BCUT2D eigenvalue weighted by atomic mass is 35.5. The molecule has 13 heteroatoms. The molecule has 2 aromatic carbocycles. The molecule has 0 radical (unpaired) electrons. The van der Waals surface area contributed by atoms with Crippen LogP contribution < -0.4 is 20.7 Å². The molecule has 1 aromatic heterocycles. The van der Waals surface area contributed by atoms with Crippen molar-refractivity contribution in [1.82, 2.24) is 25.4 Å². The van der Waals surface area contributed by atoms with Crippen LogP contribution in [0.4, 0.5) is 10.1 Å². The molecule has 244 valence electrons. The van der Waals surface area contributed by atoms with Gasteiger partial charge >= 0.3 is 0 Å². The Balaban J connectivity index is 1.15. The number of benzene rings is 2. The zero-order chi connectivity index (χ0) is 33.0. The van der Waals surface area contributed by atoms with Gasteiger partial charge in [0.15, 0.2) is 12.5 Å². The quantitative estimate of drug-likeness (QED) is 0.245. The summed E-state index contributed by atoms with van der Waals surface area (Å²) in [5.41, 5.74) is 3.44. The number of amides is 3. The van der Waals surface area contributed by atoms with Crippen molar-refractivity contribution in [2.45, 2.75) is 50.2 Å². The molecular weight excluding hydrogens is 627 g/mol. The highest BCUT2D eigenvalue weighted by Gasteiger charge is 2.50. The van der Waals surface area contributed by atoms with Gasteiger partial charge in [-0.15, -0.1) is 0 Å². The van der Waals surface area contributed by atoms with E-state index in [0.29, 0.717) is 30.1 Å². The molecule has 11 nitrogen and oxygen atoms in total. The highest BCUT2D eigenvalue weighted by molar-refractivity contribution is 6.37. The molecule has 2 fully saturated rings. The van der Waals surface area contributed by atoms with Gasteiger partial charge in [0, 0.05) is 67.6 Å². The predicted molar refractivity (Wildman–Crippen MR) is 173 cm³/mol. The Morgan fingerprint density at radius 3 is 2.64 bits per heavy atom. The molecule has 3 aromatic rings. The first-order valence-electron chi connectivity index (χ1n) is 15.5. The third kappa shape index (κ3) is 5.70. The van der Waals surface area contributed by atoms with Crippen LogP contribution in [0.3, 0.4) is 0 Å². The number of hydrogen-bond acceptors (Lipinski definition) is 8. The molecule has 3 N–H and O–H groups in total. The summed E-state index contributed by atoms with van der Waals surface area (Å²) >= 11 is 6.79. The lowest BCUT2D eigenvalue weighted by Crippen LogP contribution is -2.37. The third-order valence-electron chi connectivity index (χ3n) is 9.22. The van der Waals surface area contributed by atoms with Crippen molar-refractivity contribution in [2.24, 2.45) is 0 Å². The lowest BCUT2D eigenvalue weighted by Gasteiger charge is -2.20. The van der Waals surface area contributed by atoms with Crippen LogP contribution in [-0.2, 0) is 25.5 Å². The average molecular weight is 661 g/mol. The first kappa shape index (κ1) is 31.1. The van der Waals surface area contributed by atoms with E-state index in [-0.39, 0.29) is 51.6 Å². The lowest BCUT2D eigenvalue weighted by atomic mass is 9.98. The van der Waals surface area contributed by atoms with Gasteiger partial charge in [-0.05, 0) is 43.0 Å². The molecule has 4 aliphatic rings. The van der Waals surface area contributed by atoms with Crippen molar-refractivity contribution < 1.29 is 28.2 Å². The number of epoxide rings is 1. The van der Waals surface area contributed by atoms with E-state index in [1.165, 1.54) is 11.1 Å². The summed E-state index contributed by atoms with van der Waals surface area (Å²) in [7, 11) is 4.86. The number of carbonyl (C=O) groups is 3. The molecule has 4 atom stereocenters. The van der Waals surface area contributed by atoms with Crippen molar-refractivity contribution in [2.75, 3.05) is 33.1 Å². The van der Waals surface area contributed by atoms with Crippen molar-refractivity contribution in [3.63, 3.8) is 0 Å². The van der Waals surface area contributed by atoms with E-state index in [9.17, 15) is 14.4 Å². The monoisotopic (exact) mass is 660 g/mol. The molecule has 47 heavy (non-hydrogen) atoms. The first-order valence-corrected chi connectivity index (χ1v) is 15.9. The number of ether oxygens (including phenoxy) is 2. The number of halogens is 2.